The lowest BCUT2D eigenvalue weighted by molar-refractivity contribution is 0.158. The zero-order valence-electron chi connectivity index (χ0n) is 7.79. The van der Waals surface area contributed by atoms with Crippen molar-refractivity contribution in [2.75, 3.05) is 13.2 Å². The van der Waals surface area contributed by atoms with Crippen molar-refractivity contribution in [2.24, 2.45) is 0 Å². The molecule has 0 bridgehead atoms. The molecule has 0 aromatic carbocycles. The Morgan fingerprint density at radius 3 is 2.50 bits per heavy atom. The van der Waals surface area contributed by atoms with Gasteiger partial charge in [0, 0.05) is 6.61 Å². The lowest BCUT2D eigenvalue weighted by Gasteiger charge is -1.97. The quantitative estimate of drug-likeness (QED) is 0.451. The molecule has 1 aliphatic heterocycles. The number of hydrogen-bond donors (Lipinski definition) is 0. The Morgan fingerprint density at radius 2 is 2.08 bits per heavy atom. The van der Waals surface area contributed by atoms with Gasteiger partial charge in [0.25, 0.3) is 0 Å². The van der Waals surface area contributed by atoms with E-state index in [9.17, 15) is 0 Å². The van der Waals surface area contributed by atoms with Crippen LogP contribution in [0.1, 0.15) is 26.2 Å². The lowest BCUT2D eigenvalue weighted by atomic mass is 10.3. The SMILES string of the molecule is C1=CO1.C=CCOCCCCC. The number of ether oxygens (including phenoxy) is 2. The van der Waals surface area contributed by atoms with Crippen LogP contribution in [0, 0.1) is 0 Å². The number of unbranched alkanes of at least 4 members (excludes halogenated alkanes) is 2. The molecule has 1 heterocycles. The van der Waals surface area contributed by atoms with Gasteiger partial charge in [-0.25, -0.2) is 0 Å². The highest BCUT2D eigenvalue weighted by Crippen LogP contribution is 1.93. The molecule has 0 atom stereocenters. The minimum atomic E-state index is 0.698. The summed E-state index contributed by atoms with van der Waals surface area (Å²) in [5, 5.41) is 0. The van der Waals surface area contributed by atoms with Crippen LogP contribution in [0.15, 0.2) is 25.2 Å². The van der Waals surface area contributed by atoms with Gasteiger partial charge in [-0.05, 0) is 6.42 Å². The first kappa shape index (κ1) is 11.2. The summed E-state index contributed by atoms with van der Waals surface area (Å²) in [6, 6.07) is 0. The third kappa shape index (κ3) is 16.1. The summed E-state index contributed by atoms with van der Waals surface area (Å²) < 4.78 is 9.42. The van der Waals surface area contributed by atoms with Crippen LogP contribution in [0.5, 0.6) is 0 Å². The first-order chi connectivity index (χ1) is 5.91. The Bertz CT molecular complexity index is 115. The van der Waals surface area contributed by atoms with Gasteiger partial charge >= 0.3 is 0 Å². The molecule has 70 valence electrons. The van der Waals surface area contributed by atoms with Gasteiger partial charge in [-0.2, -0.15) is 0 Å². The summed E-state index contributed by atoms with van der Waals surface area (Å²) >= 11 is 0. The van der Waals surface area contributed by atoms with Crippen LogP contribution in [0.2, 0.25) is 0 Å². The predicted octanol–water partition coefficient (Wildman–Crippen LogP) is 2.87. The fraction of sp³-hybridized carbons (Fsp3) is 0.600. The van der Waals surface area contributed by atoms with E-state index in [-0.39, 0.29) is 0 Å². The second kappa shape index (κ2) is 10.2. The van der Waals surface area contributed by atoms with Crippen LogP contribution < -0.4 is 0 Å². The Balaban J connectivity index is 0.000000330. The molecule has 0 aliphatic carbocycles. The van der Waals surface area contributed by atoms with Gasteiger partial charge in [0.05, 0.1) is 6.61 Å². The minimum absolute atomic E-state index is 0.698. The summed E-state index contributed by atoms with van der Waals surface area (Å²) in [5.41, 5.74) is 0. The van der Waals surface area contributed by atoms with E-state index in [2.05, 4.69) is 18.2 Å². The molecule has 2 nitrogen and oxygen atoms in total. The Hall–Kier alpha value is -0.760. The molecular formula is C10H18O2. The Kier molecular flexibility index (Phi) is 9.59. The molecule has 0 unspecified atom stereocenters. The summed E-state index contributed by atoms with van der Waals surface area (Å²) in [6.45, 7) is 7.33. The molecule has 0 amide bonds. The van der Waals surface area contributed by atoms with E-state index < -0.39 is 0 Å². The van der Waals surface area contributed by atoms with Crippen molar-refractivity contribution in [3.63, 3.8) is 0 Å². The van der Waals surface area contributed by atoms with Crippen molar-refractivity contribution in [1.82, 2.24) is 0 Å². The van der Waals surface area contributed by atoms with Crippen molar-refractivity contribution in [3.05, 3.63) is 25.2 Å². The van der Waals surface area contributed by atoms with Gasteiger partial charge in [-0.1, -0.05) is 25.8 Å². The highest BCUT2D eigenvalue weighted by Gasteiger charge is 1.83. The van der Waals surface area contributed by atoms with E-state index in [0.29, 0.717) is 6.61 Å². The van der Waals surface area contributed by atoms with Crippen molar-refractivity contribution in [1.29, 1.82) is 0 Å². The smallest absolute Gasteiger partial charge is 0.125 e. The summed E-state index contributed by atoms with van der Waals surface area (Å²) in [5.74, 6) is 0. The number of rotatable bonds is 6. The fourth-order valence-corrected chi connectivity index (χ4v) is 0.621. The molecule has 0 spiro atoms. The maximum atomic E-state index is 5.17. The van der Waals surface area contributed by atoms with Gasteiger partial charge in [0.1, 0.15) is 12.5 Å². The van der Waals surface area contributed by atoms with E-state index in [1.54, 1.807) is 18.6 Å². The third-order valence-electron chi connectivity index (χ3n) is 1.26. The second-order valence-electron chi connectivity index (χ2n) is 2.48. The molecule has 0 saturated heterocycles. The highest BCUT2D eigenvalue weighted by molar-refractivity contribution is 4.76. The van der Waals surface area contributed by atoms with Crippen LogP contribution in [0.25, 0.3) is 0 Å². The van der Waals surface area contributed by atoms with Gasteiger partial charge in [0.2, 0.25) is 0 Å². The topological polar surface area (TPSA) is 21.8 Å². The van der Waals surface area contributed by atoms with Gasteiger partial charge in [-0.15, -0.1) is 6.58 Å². The van der Waals surface area contributed by atoms with Crippen molar-refractivity contribution < 1.29 is 9.47 Å². The molecule has 0 aromatic rings. The highest BCUT2D eigenvalue weighted by atomic mass is 16.5. The molecule has 0 N–H and O–H groups in total. The molecule has 12 heavy (non-hydrogen) atoms. The zero-order chi connectivity index (χ0) is 9.07. The molecule has 0 fully saturated rings. The largest absolute Gasteiger partial charge is 0.466 e. The monoisotopic (exact) mass is 170 g/mol. The molecule has 0 saturated carbocycles. The second-order valence-corrected chi connectivity index (χ2v) is 2.48. The minimum Gasteiger partial charge on any atom is -0.466 e. The molecule has 0 radical (unpaired) electrons. The molecule has 0 aromatic heterocycles. The molecule has 1 rings (SSSR count). The Labute approximate surface area is 74.9 Å². The zero-order valence-corrected chi connectivity index (χ0v) is 7.79. The fourth-order valence-electron chi connectivity index (χ4n) is 0.621. The first-order valence-corrected chi connectivity index (χ1v) is 4.41. The van der Waals surface area contributed by atoms with Crippen LogP contribution in [-0.4, -0.2) is 13.2 Å². The van der Waals surface area contributed by atoms with Crippen molar-refractivity contribution in [2.45, 2.75) is 26.2 Å². The van der Waals surface area contributed by atoms with Crippen LogP contribution >= 0.6 is 0 Å². The van der Waals surface area contributed by atoms with E-state index in [0.717, 1.165) is 6.61 Å². The summed E-state index contributed by atoms with van der Waals surface area (Å²) in [4.78, 5) is 0. The number of hydrogen-bond acceptors (Lipinski definition) is 2. The van der Waals surface area contributed by atoms with Crippen LogP contribution in [0.4, 0.5) is 0 Å². The van der Waals surface area contributed by atoms with Crippen molar-refractivity contribution >= 4 is 0 Å². The van der Waals surface area contributed by atoms with E-state index in [1.165, 1.54) is 19.3 Å². The van der Waals surface area contributed by atoms with E-state index >= 15 is 0 Å². The van der Waals surface area contributed by atoms with E-state index in [4.69, 9.17) is 4.74 Å². The molecule has 1 aliphatic rings. The summed E-state index contributed by atoms with van der Waals surface area (Å²) in [6.07, 6.45) is 8.75. The summed E-state index contributed by atoms with van der Waals surface area (Å²) in [7, 11) is 0. The van der Waals surface area contributed by atoms with Gasteiger partial charge < -0.3 is 9.47 Å². The lowest BCUT2D eigenvalue weighted by Crippen LogP contribution is -1.92. The van der Waals surface area contributed by atoms with Crippen LogP contribution in [-0.2, 0) is 9.47 Å². The maximum Gasteiger partial charge on any atom is 0.125 e. The first-order valence-electron chi connectivity index (χ1n) is 4.41. The van der Waals surface area contributed by atoms with Gasteiger partial charge in [-0.3, -0.25) is 0 Å². The average molecular weight is 170 g/mol. The van der Waals surface area contributed by atoms with E-state index in [1.807, 2.05) is 0 Å². The average Bonchev–Trinajstić information content (AvgIpc) is 2.90. The molecule has 2 heteroatoms. The van der Waals surface area contributed by atoms with Gasteiger partial charge in [0.15, 0.2) is 0 Å². The Morgan fingerprint density at radius 1 is 1.42 bits per heavy atom. The third-order valence-corrected chi connectivity index (χ3v) is 1.26. The van der Waals surface area contributed by atoms with Crippen molar-refractivity contribution in [3.8, 4) is 0 Å². The van der Waals surface area contributed by atoms with Crippen LogP contribution in [0.3, 0.4) is 0 Å². The molecular weight excluding hydrogens is 152 g/mol. The standard InChI is InChI=1S/C8H16O.C2H2O/c1-3-5-6-8-9-7-4-2;1-2-3-1/h4H,2-3,5-8H2,1H3;1-2H. The normalized spacial score (nSPS) is 11.1. The predicted molar refractivity (Wildman–Crippen MR) is 50.8 cm³/mol. The maximum absolute atomic E-state index is 5.17.